The largest absolute Gasteiger partial charge is 0.355 e. The van der Waals surface area contributed by atoms with E-state index in [-0.39, 0.29) is 16.8 Å². The quantitative estimate of drug-likeness (QED) is 0.650. The molecular weight excluding hydrogens is 372 g/mol. The van der Waals surface area contributed by atoms with Gasteiger partial charge in [-0.05, 0) is 24.6 Å². The number of aromatic nitrogens is 2. The van der Waals surface area contributed by atoms with Crippen LogP contribution in [-0.2, 0) is 28.9 Å². The molecule has 27 heavy (non-hydrogen) atoms. The van der Waals surface area contributed by atoms with Crippen LogP contribution in [0.1, 0.15) is 19.8 Å². The predicted octanol–water partition coefficient (Wildman–Crippen LogP) is -0.226. The topological polar surface area (TPSA) is 110 Å². The maximum atomic E-state index is 12.8. The molecule has 0 aliphatic rings. The van der Waals surface area contributed by atoms with Crippen molar-refractivity contribution in [3.63, 3.8) is 0 Å². The van der Waals surface area contributed by atoms with E-state index in [1.54, 1.807) is 0 Å². The Kier molecular flexibility index (Phi) is 6.22. The van der Waals surface area contributed by atoms with Gasteiger partial charge >= 0.3 is 5.69 Å². The van der Waals surface area contributed by atoms with Crippen LogP contribution in [0.5, 0.6) is 0 Å². The van der Waals surface area contributed by atoms with Crippen LogP contribution in [0, 0.1) is 0 Å². The minimum atomic E-state index is -3.97. The summed E-state index contributed by atoms with van der Waals surface area (Å²) >= 11 is 0. The zero-order chi connectivity index (χ0) is 20.4. The molecule has 148 valence electrons. The molecule has 10 heteroatoms. The van der Waals surface area contributed by atoms with Crippen LogP contribution in [0.4, 0.5) is 0 Å². The lowest BCUT2D eigenvalue weighted by atomic mass is 10.2. The fourth-order valence-electron chi connectivity index (χ4n) is 2.66. The summed E-state index contributed by atoms with van der Waals surface area (Å²) in [6, 6.07) is 3.97. The van der Waals surface area contributed by atoms with E-state index in [2.05, 4.69) is 5.32 Å². The second-order valence-electron chi connectivity index (χ2n) is 6.35. The van der Waals surface area contributed by atoms with Crippen molar-refractivity contribution in [3.8, 4) is 0 Å². The summed E-state index contributed by atoms with van der Waals surface area (Å²) in [6.07, 6.45) is 1.73. The molecule has 0 aliphatic heterocycles. The van der Waals surface area contributed by atoms with Gasteiger partial charge in [0.25, 0.3) is 5.56 Å². The maximum Gasteiger partial charge on any atom is 0.330 e. The van der Waals surface area contributed by atoms with Gasteiger partial charge < -0.3 is 5.32 Å². The number of likely N-dealkylation sites (N-methyl/N-ethyl adjacent to an activating group) is 1. The molecule has 0 radical (unpaired) electrons. The van der Waals surface area contributed by atoms with E-state index in [4.69, 9.17) is 0 Å². The van der Waals surface area contributed by atoms with Gasteiger partial charge in [-0.3, -0.25) is 18.7 Å². The van der Waals surface area contributed by atoms with Crippen LogP contribution in [-0.4, -0.2) is 47.9 Å². The van der Waals surface area contributed by atoms with Crippen LogP contribution >= 0.6 is 0 Å². The summed E-state index contributed by atoms with van der Waals surface area (Å²) < 4.78 is 28.6. The Bertz CT molecular complexity index is 1080. The van der Waals surface area contributed by atoms with Crippen LogP contribution in [0.25, 0.3) is 10.9 Å². The molecule has 1 aromatic heterocycles. The number of hydrogen-bond acceptors (Lipinski definition) is 5. The van der Waals surface area contributed by atoms with Crippen molar-refractivity contribution in [2.24, 2.45) is 14.1 Å². The summed E-state index contributed by atoms with van der Waals surface area (Å²) in [5, 5.41) is 2.77. The first kappa shape index (κ1) is 20.8. The monoisotopic (exact) mass is 396 g/mol. The number of carbonyl (C=O) groups excluding carboxylic acids is 1. The Morgan fingerprint density at radius 3 is 2.48 bits per heavy atom. The van der Waals surface area contributed by atoms with Gasteiger partial charge in [-0.25, -0.2) is 13.2 Å². The van der Waals surface area contributed by atoms with Crippen molar-refractivity contribution in [3.05, 3.63) is 39.0 Å². The Morgan fingerprint density at radius 2 is 1.85 bits per heavy atom. The third kappa shape index (κ3) is 4.11. The zero-order valence-electron chi connectivity index (χ0n) is 15.9. The SMILES string of the molecule is CCCCNC(=O)CN(C)S(=O)(=O)c1ccc2c(c1)c(=O)n(C)c(=O)n2C. The molecule has 9 nitrogen and oxygen atoms in total. The Balaban J connectivity index is 2.39. The number of aryl methyl sites for hydroxylation is 1. The van der Waals surface area contributed by atoms with Gasteiger partial charge in [-0.2, -0.15) is 4.31 Å². The van der Waals surface area contributed by atoms with Crippen LogP contribution < -0.4 is 16.6 Å². The average Bonchev–Trinajstić information content (AvgIpc) is 2.64. The molecule has 0 aliphatic carbocycles. The number of hydrogen-bond donors (Lipinski definition) is 1. The first-order valence-electron chi connectivity index (χ1n) is 8.54. The van der Waals surface area contributed by atoms with Gasteiger partial charge in [0.15, 0.2) is 0 Å². The minimum absolute atomic E-state index is 0.112. The van der Waals surface area contributed by atoms with Gasteiger partial charge in [0.2, 0.25) is 15.9 Å². The summed E-state index contributed by atoms with van der Waals surface area (Å²) in [4.78, 5) is 36.1. The van der Waals surface area contributed by atoms with Crippen molar-refractivity contribution in [1.82, 2.24) is 18.8 Å². The first-order chi connectivity index (χ1) is 12.6. The van der Waals surface area contributed by atoms with E-state index >= 15 is 0 Å². The Hall–Kier alpha value is -2.46. The molecule has 0 saturated heterocycles. The van der Waals surface area contributed by atoms with Crippen LogP contribution in [0.2, 0.25) is 0 Å². The van der Waals surface area contributed by atoms with Crippen LogP contribution in [0.15, 0.2) is 32.7 Å². The van der Waals surface area contributed by atoms with Gasteiger partial charge in [0.05, 0.1) is 22.3 Å². The smallest absolute Gasteiger partial charge is 0.330 e. The molecule has 0 spiro atoms. The summed E-state index contributed by atoms with van der Waals surface area (Å²) in [7, 11) is 0.168. The van der Waals surface area contributed by atoms with E-state index in [0.717, 1.165) is 21.7 Å². The summed E-state index contributed by atoms with van der Waals surface area (Å²) in [5.74, 6) is -0.395. The summed E-state index contributed by atoms with van der Waals surface area (Å²) in [6.45, 7) is 2.15. The molecule has 0 atom stereocenters. The zero-order valence-corrected chi connectivity index (χ0v) is 16.7. The Labute approximate surface area is 157 Å². The third-order valence-corrected chi connectivity index (χ3v) is 6.16. The number of unbranched alkanes of at least 4 members (excludes halogenated alkanes) is 1. The van der Waals surface area contributed by atoms with Crippen LogP contribution in [0.3, 0.4) is 0 Å². The highest BCUT2D eigenvalue weighted by molar-refractivity contribution is 7.89. The standard InChI is InChI=1S/C17H24N4O5S/c1-5-6-9-18-15(22)11-19(2)27(25,26)12-7-8-14-13(10-12)16(23)21(4)17(24)20(14)3/h7-8,10H,5-6,9,11H2,1-4H3,(H,18,22). The molecule has 0 bridgehead atoms. The number of sulfonamides is 1. The maximum absolute atomic E-state index is 12.8. The highest BCUT2D eigenvalue weighted by Crippen LogP contribution is 2.18. The molecule has 1 N–H and O–H groups in total. The molecule has 2 rings (SSSR count). The molecule has 1 aromatic carbocycles. The predicted molar refractivity (Wildman–Crippen MR) is 102 cm³/mol. The number of carbonyl (C=O) groups is 1. The minimum Gasteiger partial charge on any atom is -0.355 e. The van der Waals surface area contributed by atoms with Crippen molar-refractivity contribution in [2.75, 3.05) is 20.1 Å². The lowest BCUT2D eigenvalue weighted by molar-refractivity contribution is -0.121. The summed E-state index contributed by atoms with van der Waals surface area (Å²) in [5.41, 5.74) is -0.740. The number of fused-ring (bicyclic) bond motifs is 1. The lowest BCUT2D eigenvalue weighted by Crippen LogP contribution is -2.39. The van der Waals surface area contributed by atoms with E-state index in [1.807, 2.05) is 6.92 Å². The van der Waals surface area contributed by atoms with Gasteiger partial charge in [-0.15, -0.1) is 0 Å². The Morgan fingerprint density at radius 1 is 1.19 bits per heavy atom. The fourth-order valence-corrected chi connectivity index (χ4v) is 3.82. The highest BCUT2D eigenvalue weighted by atomic mass is 32.2. The van der Waals surface area contributed by atoms with Gasteiger partial charge in [0.1, 0.15) is 0 Å². The van der Waals surface area contributed by atoms with Gasteiger partial charge in [-0.1, -0.05) is 13.3 Å². The van der Waals surface area contributed by atoms with Crippen molar-refractivity contribution in [1.29, 1.82) is 0 Å². The molecule has 0 saturated carbocycles. The third-order valence-electron chi connectivity index (χ3n) is 4.37. The first-order valence-corrected chi connectivity index (χ1v) is 9.98. The second kappa shape index (κ2) is 8.05. The highest BCUT2D eigenvalue weighted by Gasteiger charge is 2.24. The normalized spacial score (nSPS) is 11.9. The van der Waals surface area contributed by atoms with E-state index in [0.29, 0.717) is 12.1 Å². The lowest BCUT2D eigenvalue weighted by Gasteiger charge is -2.17. The number of nitrogens with zero attached hydrogens (tertiary/aromatic N) is 3. The molecule has 0 unspecified atom stereocenters. The number of rotatable bonds is 7. The van der Waals surface area contributed by atoms with E-state index in [1.165, 1.54) is 43.9 Å². The van der Waals surface area contributed by atoms with E-state index < -0.39 is 27.2 Å². The molecular formula is C17H24N4O5S. The molecule has 2 aromatic rings. The fraction of sp³-hybridized carbons (Fsp3) is 0.471. The molecule has 0 fully saturated rings. The van der Waals surface area contributed by atoms with E-state index in [9.17, 15) is 22.8 Å². The van der Waals surface area contributed by atoms with Crippen molar-refractivity contribution >= 4 is 26.8 Å². The number of amides is 1. The van der Waals surface area contributed by atoms with Crippen molar-refractivity contribution < 1.29 is 13.2 Å². The van der Waals surface area contributed by atoms with Gasteiger partial charge in [0, 0.05) is 27.7 Å². The number of nitrogens with one attached hydrogen (secondary N) is 1. The molecule has 1 amide bonds. The molecule has 1 heterocycles. The average molecular weight is 396 g/mol. The number of benzene rings is 1. The second-order valence-corrected chi connectivity index (χ2v) is 8.39. The van der Waals surface area contributed by atoms with Crippen molar-refractivity contribution in [2.45, 2.75) is 24.7 Å².